The van der Waals surface area contributed by atoms with Crippen molar-refractivity contribution >= 4 is 16.9 Å². The van der Waals surface area contributed by atoms with Crippen molar-refractivity contribution in [2.24, 2.45) is 0 Å². The summed E-state index contributed by atoms with van der Waals surface area (Å²) in [6, 6.07) is 11.0. The number of para-hydroxylation sites is 1. The summed E-state index contributed by atoms with van der Waals surface area (Å²) < 4.78 is 22.0. The van der Waals surface area contributed by atoms with Crippen LogP contribution >= 0.6 is 0 Å². The second-order valence-electron chi connectivity index (χ2n) is 6.29. The van der Waals surface area contributed by atoms with E-state index in [9.17, 15) is 4.79 Å². The Morgan fingerprint density at radius 3 is 2.86 bits per heavy atom. The monoisotopic (exact) mass is 393 g/mol. The van der Waals surface area contributed by atoms with Gasteiger partial charge in [0.15, 0.2) is 6.10 Å². The predicted molar refractivity (Wildman–Crippen MR) is 103 cm³/mol. The van der Waals surface area contributed by atoms with E-state index < -0.39 is 12.1 Å². The largest absolute Gasteiger partial charge is 0.449 e. The molecule has 0 saturated heterocycles. The Morgan fingerprint density at radius 1 is 1.21 bits per heavy atom. The maximum Gasteiger partial charge on any atom is 0.375 e. The van der Waals surface area contributed by atoms with Crippen molar-refractivity contribution in [1.82, 2.24) is 15.1 Å². The van der Waals surface area contributed by atoms with E-state index >= 15 is 0 Å². The van der Waals surface area contributed by atoms with Gasteiger partial charge in [0, 0.05) is 35.5 Å². The Morgan fingerprint density at radius 2 is 2.07 bits per heavy atom. The van der Waals surface area contributed by atoms with E-state index in [1.165, 1.54) is 0 Å². The fourth-order valence-corrected chi connectivity index (χ4v) is 2.89. The molecule has 0 spiro atoms. The van der Waals surface area contributed by atoms with E-state index in [0.717, 1.165) is 5.39 Å². The van der Waals surface area contributed by atoms with Crippen LogP contribution in [0.3, 0.4) is 0 Å². The predicted octanol–water partition coefficient (Wildman–Crippen LogP) is 4.33. The van der Waals surface area contributed by atoms with Crippen LogP contribution in [0.1, 0.15) is 42.0 Å². The van der Waals surface area contributed by atoms with Crippen LogP contribution in [-0.2, 0) is 16.1 Å². The lowest BCUT2D eigenvalue weighted by atomic mass is 10.1. The Bertz CT molecular complexity index is 1120. The SMILES string of the molecule is CCOCc1c(C(=O)OC(C)c2nc(-c3cccnc3)no2)oc2ccccc12. The van der Waals surface area contributed by atoms with Crippen molar-refractivity contribution < 1.29 is 23.2 Å². The second-order valence-corrected chi connectivity index (χ2v) is 6.29. The topological polar surface area (TPSA) is 100 Å². The summed E-state index contributed by atoms with van der Waals surface area (Å²) in [5.74, 6) is 0.0412. The smallest absolute Gasteiger partial charge is 0.375 e. The third-order valence-electron chi connectivity index (χ3n) is 4.33. The van der Waals surface area contributed by atoms with Gasteiger partial charge in [0.2, 0.25) is 11.6 Å². The first-order valence-electron chi connectivity index (χ1n) is 9.20. The van der Waals surface area contributed by atoms with E-state index in [1.54, 1.807) is 31.5 Å². The van der Waals surface area contributed by atoms with Crippen LogP contribution in [0.2, 0.25) is 0 Å². The molecule has 0 radical (unpaired) electrons. The molecular formula is C21H19N3O5. The highest BCUT2D eigenvalue weighted by atomic mass is 16.6. The van der Waals surface area contributed by atoms with Gasteiger partial charge in [-0.3, -0.25) is 4.98 Å². The zero-order valence-electron chi connectivity index (χ0n) is 16.0. The van der Waals surface area contributed by atoms with Crippen LogP contribution in [-0.4, -0.2) is 27.7 Å². The van der Waals surface area contributed by atoms with Crippen LogP contribution < -0.4 is 0 Å². The number of ether oxygens (including phenoxy) is 2. The maximum atomic E-state index is 12.8. The number of esters is 1. The molecule has 1 atom stereocenters. The summed E-state index contributed by atoms with van der Waals surface area (Å²) in [6.45, 7) is 4.31. The molecule has 8 heteroatoms. The van der Waals surface area contributed by atoms with E-state index in [4.69, 9.17) is 18.4 Å². The van der Waals surface area contributed by atoms with E-state index in [2.05, 4.69) is 15.1 Å². The van der Waals surface area contributed by atoms with E-state index in [1.807, 2.05) is 31.2 Å². The first kappa shape index (κ1) is 18.8. The molecule has 0 bridgehead atoms. The molecule has 0 N–H and O–H groups in total. The molecule has 29 heavy (non-hydrogen) atoms. The number of pyridine rings is 1. The van der Waals surface area contributed by atoms with Crippen LogP contribution in [0, 0.1) is 0 Å². The highest BCUT2D eigenvalue weighted by molar-refractivity contribution is 5.96. The molecule has 4 rings (SSSR count). The molecular weight excluding hydrogens is 374 g/mol. The molecule has 8 nitrogen and oxygen atoms in total. The van der Waals surface area contributed by atoms with Gasteiger partial charge >= 0.3 is 5.97 Å². The first-order chi connectivity index (χ1) is 14.2. The minimum Gasteiger partial charge on any atom is -0.449 e. The van der Waals surface area contributed by atoms with Gasteiger partial charge in [0.25, 0.3) is 5.89 Å². The zero-order chi connectivity index (χ0) is 20.2. The number of carbonyl (C=O) groups is 1. The molecule has 0 saturated carbocycles. The second kappa shape index (κ2) is 8.24. The van der Waals surface area contributed by atoms with Crippen molar-refractivity contribution in [2.75, 3.05) is 6.61 Å². The van der Waals surface area contributed by atoms with Crippen molar-refractivity contribution in [1.29, 1.82) is 0 Å². The number of nitrogens with zero attached hydrogens (tertiary/aromatic N) is 3. The molecule has 4 aromatic rings. The van der Waals surface area contributed by atoms with Gasteiger partial charge < -0.3 is 18.4 Å². The number of hydrogen-bond acceptors (Lipinski definition) is 8. The van der Waals surface area contributed by atoms with E-state index in [-0.39, 0.29) is 18.3 Å². The van der Waals surface area contributed by atoms with Gasteiger partial charge in [-0.1, -0.05) is 23.4 Å². The fourth-order valence-electron chi connectivity index (χ4n) is 2.89. The molecule has 0 aliphatic rings. The van der Waals surface area contributed by atoms with Crippen molar-refractivity contribution in [3.05, 3.63) is 66.0 Å². The highest BCUT2D eigenvalue weighted by Crippen LogP contribution is 2.29. The zero-order valence-corrected chi connectivity index (χ0v) is 16.0. The molecule has 1 unspecified atom stereocenters. The minimum absolute atomic E-state index is 0.110. The lowest BCUT2D eigenvalue weighted by Crippen LogP contribution is -2.11. The summed E-state index contributed by atoms with van der Waals surface area (Å²) >= 11 is 0. The number of carbonyl (C=O) groups excluding carboxylic acids is 1. The Kier molecular flexibility index (Phi) is 5.35. The molecule has 3 aromatic heterocycles. The quantitative estimate of drug-likeness (QED) is 0.428. The molecule has 1 aromatic carbocycles. The van der Waals surface area contributed by atoms with E-state index in [0.29, 0.717) is 29.1 Å². The van der Waals surface area contributed by atoms with Crippen molar-refractivity contribution in [2.45, 2.75) is 26.6 Å². The lowest BCUT2D eigenvalue weighted by molar-refractivity contribution is 0.0226. The first-order valence-corrected chi connectivity index (χ1v) is 9.20. The minimum atomic E-state index is -0.756. The summed E-state index contributed by atoms with van der Waals surface area (Å²) in [4.78, 5) is 21.1. The summed E-state index contributed by atoms with van der Waals surface area (Å²) in [5, 5.41) is 4.74. The molecule has 0 amide bonds. The van der Waals surface area contributed by atoms with Crippen LogP contribution in [0.4, 0.5) is 0 Å². The van der Waals surface area contributed by atoms with Crippen molar-refractivity contribution in [3.63, 3.8) is 0 Å². The Labute approximate surface area is 166 Å². The third-order valence-corrected chi connectivity index (χ3v) is 4.33. The third kappa shape index (κ3) is 3.88. The summed E-state index contributed by atoms with van der Waals surface area (Å²) in [6.07, 6.45) is 2.52. The van der Waals surface area contributed by atoms with Crippen LogP contribution in [0.25, 0.3) is 22.4 Å². The van der Waals surface area contributed by atoms with Crippen molar-refractivity contribution in [3.8, 4) is 11.4 Å². The average Bonchev–Trinajstić information content (AvgIpc) is 3.38. The number of furan rings is 1. The Balaban J connectivity index is 1.56. The van der Waals surface area contributed by atoms with Gasteiger partial charge in [0.1, 0.15) is 5.58 Å². The van der Waals surface area contributed by atoms with Gasteiger partial charge in [0.05, 0.1) is 6.61 Å². The number of aromatic nitrogens is 3. The molecule has 0 aliphatic carbocycles. The molecule has 0 aliphatic heterocycles. The standard InChI is InChI=1S/C21H19N3O5/c1-3-26-12-16-15-8-4-5-9-17(15)28-18(16)21(25)27-13(2)20-23-19(24-29-20)14-7-6-10-22-11-14/h4-11,13H,3,12H2,1-2H3. The number of fused-ring (bicyclic) bond motifs is 1. The number of rotatable bonds is 7. The normalized spacial score (nSPS) is 12.2. The fraction of sp³-hybridized carbons (Fsp3) is 0.238. The lowest BCUT2D eigenvalue weighted by Gasteiger charge is -2.09. The molecule has 3 heterocycles. The average molecular weight is 393 g/mol. The van der Waals surface area contributed by atoms with Gasteiger partial charge in [-0.25, -0.2) is 4.79 Å². The van der Waals surface area contributed by atoms with Crippen LogP contribution in [0.15, 0.2) is 57.7 Å². The Hall–Kier alpha value is -3.52. The molecule has 0 fully saturated rings. The van der Waals surface area contributed by atoms with Gasteiger partial charge in [-0.05, 0) is 32.0 Å². The number of benzene rings is 1. The molecule has 148 valence electrons. The van der Waals surface area contributed by atoms with Gasteiger partial charge in [-0.2, -0.15) is 4.98 Å². The summed E-state index contributed by atoms with van der Waals surface area (Å²) in [5.41, 5.74) is 1.96. The summed E-state index contributed by atoms with van der Waals surface area (Å²) in [7, 11) is 0. The highest BCUT2D eigenvalue weighted by Gasteiger charge is 2.26. The van der Waals surface area contributed by atoms with Gasteiger partial charge in [-0.15, -0.1) is 0 Å². The van der Waals surface area contributed by atoms with Crippen LogP contribution in [0.5, 0.6) is 0 Å². The maximum absolute atomic E-state index is 12.8. The number of hydrogen-bond donors (Lipinski definition) is 0.